The van der Waals surface area contributed by atoms with Gasteiger partial charge in [0.2, 0.25) is 5.91 Å². The maximum absolute atomic E-state index is 12.0. The number of amides is 1. The molecule has 1 amide bonds. The second-order valence-electron chi connectivity index (χ2n) is 5.68. The van der Waals surface area contributed by atoms with Crippen molar-refractivity contribution in [1.82, 2.24) is 10.2 Å². The zero-order valence-corrected chi connectivity index (χ0v) is 12.4. The fraction of sp³-hybridized carbons (Fsp3) is 0.933. The molecule has 0 aromatic heterocycles. The van der Waals surface area contributed by atoms with Crippen molar-refractivity contribution in [2.75, 3.05) is 19.6 Å². The number of carbonyl (C=O) groups is 1. The van der Waals surface area contributed by atoms with Gasteiger partial charge in [0.15, 0.2) is 0 Å². The Morgan fingerprint density at radius 1 is 1.17 bits per heavy atom. The Labute approximate surface area is 112 Å². The van der Waals surface area contributed by atoms with Crippen molar-refractivity contribution in [3.05, 3.63) is 0 Å². The first-order chi connectivity index (χ1) is 8.67. The molecule has 1 rings (SSSR count). The minimum atomic E-state index is 0.289. The molecule has 0 radical (unpaired) electrons. The molecule has 1 fully saturated rings. The van der Waals surface area contributed by atoms with Crippen LogP contribution >= 0.6 is 0 Å². The standard InChI is InChI=1S/C15H30N2O/c1-4-13(3)11-14(5-2)16-12-15(18)17-9-7-6-8-10-17/h13-14,16H,4-12H2,1-3H3. The number of likely N-dealkylation sites (tertiary alicyclic amines) is 1. The van der Waals surface area contributed by atoms with Crippen molar-refractivity contribution < 1.29 is 4.79 Å². The lowest BCUT2D eigenvalue weighted by atomic mass is 9.98. The highest BCUT2D eigenvalue weighted by Crippen LogP contribution is 2.12. The Kier molecular flexibility index (Phi) is 7.33. The van der Waals surface area contributed by atoms with E-state index in [1.54, 1.807) is 0 Å². The largest absolute Gasteiger partial charge is 0.342 e. The lowest BCUT2D eigenvalue weighted by molar-refractivity contribution is -0.131. The highest BCUT2D eigenvalue weighted by Gasteiger charge is 2.17. The van der Waals surface area contributed by atoms with Gasteiger partial charge in [0, 0.05) is 19.1 Å². The molecule has 0 aromatic rings. The molecule has 3 heteroatoms. The SMILES string of the molecule is CCC(C)CC(CC)NCC(=O)N1CCCCC1. The number of nitrogens with zero attached hydrogens (tertiary/aromatic N) is 1. The van der Waals surface area contributed by atoms with E-state index in [1.807, 2.05) is 4.90 Å². The van der Waals surface area contributed by atoms with Crippen molar-refractivity contribution in [2.24, 2.45) is 5.92 Å². The van der Waals surface area contributed by atoms with E-state index in [9.17, 15) is 4.79 Å². The van der Waals surface area contributed by atoms with Gasteiger partial charge in [-0.15, -0.1) is 0 Å². The third-order valence-electron chi connectivity index (χ3n) is 4.13. The zero-order chi connectivity index (χ0) is 13.4. The second kappa shape index (κ2) is 8.52. The fourth-order valence-corrected chi connectivity index (χ4v) is 2.53. The quantitative estimate of drug-likeness (QED) is 0.757. The molecule has 1 heterocycles. The van der Waals surface area contributed by atoms with E-state index in [1.165, 1.54) is 32.1 Å². The van der Waals surface area contributed by atoms with Crippen molar-refractivity contribution in [2.45, 2.75) is 65.3 Å². The Morgan fingerprint density at radius 2 is 1.83 bits per heavy atom. The number of piperidine rings is 1. The molecule has 2 unspecified atom stereocenters. The summed E-state index contributed by atoms with van der Waals surface area (Å²) in [6.07, 6.45) is 7.14. The van der Waals surface area contributed by atoms with E-state index in [4.69, 9.17) is 0 Å². The van der Waals surface area contributed by atoms with Crippen LogP contribution in [0.5, 0.6) is 0 Å². The van der Waals surface area contributed by atoms with Gasteiger partial charge in [0.25, 0.3) is 0 Å². The van der Waals surface area contributed by atoms with Crippen LogP contribution in [0.1, 0.15) is 59.3 Å². The van der Waals surface area contributed by atoms with Crippen LogP contribution in [-0.4, -0.2) is 36.5 Å². The Balaban J connectivity index is 2.26. The molecule has 0 aliphatic carbocycles. The molecule has 0 spiro atoms. The summed E-state index contributed by atoms with van der Waals surface area (Å²) in [6.45, 7) is 9.17. The van der Waals surface area contributed by atoms with Crippen LogP contribution < -0.4 is 5.32 Å². The van der Waals surface area contributed by atoms with Crippen LogP contribution in [0.3, 0.4) is 0 Å². The summed E-state index contributed by atoms with van der Waals surface area (Å²) in [6, 6.07) is 0.494. The number of hydrogen-bond acceptors (Lipinski definition) is 2. The van der Waals surface area contributed by atoms with Crippen LogP contribution in [0.15, 0.2) is 0 Å². The highest BCUT2D eigenvalue weighted by molar-refractivity contribution is 5.78. The van der Waals surface area contributed by atoms with Gasteiger partial charge in [-0.05, 0) is 38.0 Å². The van der Waals surface area contributed by atoms with Crippen LogP contribution in [-0.2, 0) is 4.79 Å². The maximum atomic E-state index is 12.0. The van der Waals surface area contributed by atoms with Gasteiger partial charge in [-0.3, -0.25) is 4.79 Å². The second-order valence-corrected chi connectivity index (χ2v) is 5.68. The van der Waals surface area contributed by atoms with E-state index >= 15 is 0 Å². The summed E-state index contributed by atoms with van der Waals surface area (Å²) in [5.41, 5.74) is 0. The lowest BCUT2D eigenvalue weighted by Gasteiger charge is -2.28. The Bertz CT molecular complexity index is 237. The van der Waals surface area contributed by atoms with Gasteiger partial charge in [0.05, 0.1) is 6.54 Å². The average molecular weight is 254 g/mol. The fourth-order valence-electron chi connectivity index (χ4n) is 2.53. The smallest absolute Gasteiger partial charge is 0.236 e. The summed E-state index contributed by atoms with van der Waals surface area (Å²) in [4.78, 5) is 14.1. The molecule has 1 N–H and O–H groups in total. The molecule has 0 bridgehead atoms. The van der Waals surface area contributed by atoms with Gasteiger partial charge in [-0.2, -0.15) is 0 Å². The normalized spacial score (nSPS) is 19.6. The van der Waals surface area contributed by atoms with Gasteiger partial charge in [0.1, 0.15) is 0 Å². The molecule has 2 atom stereocenters. The average Bonchev–Trinajstić information content (AvgIpc) is 2.43. The molecule has 0 saturated carbocycles. The van der Waals surface area contributed by atoms with Gasteiger partial charge < -0.3 is 10.2 Å². The van der Waals surface area contributed by atoms with Crippen molar-refractivity contribution in [1.29, 1.82) is 0 Å². The van der Waals surface area contributed by atoms with E-state index in [0.29, 0.717) is 12.6 Å². The van der Waals surface area contributed by atoms with Crippen molar-refractivity contribution in [3.8, 4) is 0 Å². The maximum Gasteiger partial charge on any atom is 0.236 e. The van der Waals surface area contributed by atoms with Crippen LogP contribution in [0, 0.1) is 5.92 Å². The number of nitrogens with one attached hydrogen (secondary N) is 1. The van der Waals surface area contributed by atoms with E-state index in [2.05, 4.69) is 26.1 Å². The van der Waals surface area contributed by atoms with Crippen LogP contribution in [0.25, 0.3) is 0 Å². The number of hydrogen-bond donors (Lipinski definition) is 1. The molecule has 3 nitrogen and oxygen atoms in total. The topological polar surface area (TPSA) is 32.3 Å². The molecule has 0 aromatic carbocycles. The monoisotopic (exact) mass is 254 g/mol. The van der Waals surface area contributed by atoms with Crippen LogP contribution in [0.4, 0.5) is 0 Å². The lowest BCUT2D eigenvalue weighted by Crippen LogP contribution is -2.44. The minimum Gasteiger partial charge on any atom is -0.342 e. The van der Waals surface area contributed by atoms with Crippen LogP contribution in [0.2, 0.25) is 0 Å². The minimum absolute atomic E-state index is 0.289. The molecular weight excluding hydrogens is 224 g/mol. The summed E-state index contributed by atoms with van der Waals surface area (Å²) < 4.78 is 0. The summed E-state index contributed by atoms with van der Waals surface area (Å²) in [5, 5.41) is 3.44. The molecule has 1 saturated heterocycles. The van der Waals surface area contributed by atoms with Gasteiger partial charge in [-0.1, -0.05) is 27.2 Å². The van der Waals surface area contributed by atoms with Gasteiger partial charge in [-0.25, -0.2) is 0 Å². The molecule has 1 aliphatic heterocycles. The van der Waals surface area contributed by atoms with E-state index < -0.39 is 0 Å². The molecule has 106 valence electrons. The number of carbonyl (C=O) groups excluding carboxylic acids is 1. The van der Waals surface area contributed by atoms with Crippen molar-refractivity contribution >= 4 is 5.91 Å². The Morgan fingerprint density at radius 3 is 2.39 bits per heavy atom. The number of rotatable bonds is 7. The summed E-state index contributed by atoms with van der Waals surface area (Å²) in [7, 11) is 0. The predicted molar refractivity (Wildman–Crippen MR) is 76.6 cm³/mol. The van der Waals surface area contributed by atoms with E-state index in [-0.39, 0.29) is 5.91 Å². The molecule has 1 aliphatic rings. The third kappa shape index (κ3) is 5.38. The highest BCUT2D eigenvalue weighted by atomic mass is 16.2. The first-order valence-electron chi connectivity index (χ1n) is 7.68. The summed E-state index contributed by atoms with van der Waals surface area (Å²) >= 11 is 0. The van der Waals surface area contributed by atoms with E-state index in [0.717, 1.165) is 25.4 Å². The predicted octanol–water partition coefficient (Wildman–Crippen LogP) is 2.80. The first kappa shape index (κ1) is 15.5. The Hall–Kier alpha value is -0.570. The molecule has 18 heavy (non-hydrogen) atoms. The van der Waals surface area contributed by atoms with Crippen molar-refractivity contribution in [3.63, 3.8) is 0 Å². The first-order valence-corrected chi connectivity index (χ1v) is 7.68. The summed E-state index contributed by atoms with van der Waals surface area (Å²) in [5.74, 6) is 1.03. The van der Waals surface area contributed by atoms with Gasteiger partial charge >= 0.3 is 0 Å². The molecular formula is C15H30N2O. The third-order valence-corrected chi connectivity index (χ3v) is 4.13. The zero-order valence-electron chi connectivity index (χ0n) is 12.4.